The minimum atomic E-state index is 0.210. The van der Waals surface area contributed by atoms with Crippen molar-refractivity contribution in [3.63, 3.8) is 0 Å². The van der Waals surface area contributed by atoms with Gasteiger partial charge in [-0.1, -0.05) is 29.3 Å². The van der Waals surface area contributed by atoms with E-state index >= 15 is 0 Å². The lowest BCUT2D eigenvalue weighted by atomic mass is 10.1. The second-order valence-electron chi connectivity index (χ2n) is 2.77. The van der Waals surface area contributed by atoms with Crippen molar-refractivity contribution in [2.45, 2.75) is 0 Å². The molecule has 0 atom stereocenters. The highest BCUT2D eigenvalue weighted by molar-refractivity contribution is 6.33. The molecule has 1 aromatic heterocycles. The monoisotopic (exact) mass is 222 g/mol. The second kappa shape index (κ2) is 3.45. The standard InChI is InChI=1S/C10H4Cl2N2/c11-7-2-1-6-5-14-10(12)9(4-13)8(6)3-7/h1-3,5H. The number of fused-ring (bicyclic) bond motifs is 1. The molecule has 14 heavy (non-hydrogen) atoms. The SMILES string of the molecule is N#Cc1c(Cl)ncc2ccc(Cl)cc12. The van der Waals surface area contributed by atoms with E-state index in [0.717, 1.165) is 10.8 Å². The highest BCUT2D eigenvalue weighted by atomic mass is 35.5. The Kier molecular flexibility index (Phi) is 2.28. The highest BCUT2D eigenvalue weighted by Crippen LogP contribution is 2.25. The summed E-state index contributed by atoms with van der Waals surface area (Å²) in [6.45, 7) is 0. The average molecular weight is 223 g/mol. The fraction of sp³-hybridized carbons (Fsp3) is 0. The number of nitriles is 1. The van der Waals surface area contributed by atoms with Crippen LogP contribution in [0.4, 0.5) is 0 Å². The van der Waals surface area contributed by atoms with E-state index in [1.807, 2.05) is 12.1 Å². The molecule has 0 unspecified atom stereocenters. The van der Waals surface area contributed by atoms with E-state index in [9.17, 15) is 0 Å². The van der Waals surface area contributed by atoms with E-state index in [4.69, 9.17) is 28.5 Å². The third-order valence-electron chi connectivity index (χ3n) is 1.92. The molecule has 1 heterocycles. The summed E-state index contributed by atoms with van der Waals surface area (Å²) in [6, 6.07) is 7.28. The van der Waals surface area contributed by atoms with Gasteiger partial charge in [0, 0.05) is 22.0 Å². The summed E-state index contributed by atoms with van der Waals surface area (Å²) >= 11 is 11.6. The van der Waals surface area contributed by atoms with Crippen LogP contribution in [0.1, 0.15) is 5.56 Å². The van der Waals surface area contributed by atoms with E-state index in [0.29, 0.717) is 10.6 Å². The average Bonchev–Trinajstić information content (AvgIpc) is 2.17. The van der Waals surface area contributed by atoms with E-state index in [-0.39, 0.29) is 5.15 Å². The predicted molar refractivity (Wildman–Crippen MR) is 56.5 cm³/mol. The first-order valence-electron chi connectivity index (χ1n) is 3.86. The number of hydrogen-bond donors (Lipinski definition) is 0. The topological polar surface area (TPSA) is 36.7 Å². The van der Waals surface area contributed by atoms with Gasteiger partial charge in [-0.15, -0.1) is 0 Å². The molecule has 2 aromatic rings. The van der Waals surface area contributed by atoms with Crippen LogP contribution in [-0.2, 0) is 0 Å². The van der Waals surface area contributed by atoms with E-state index in [2.05, 4.69) is 4.98 Å². The number of rotatable bonds is 0. The summed E-state index contributed by atoms with van der Waals surface area (Å²) in [7, 11) is 0. The first-order chi connectivity index (χ1) is 6.72. The largest absolute Gasteiger partial charge is 0.242 e. The van der Waals surface area contributed by atoms with Gasteiger partial charge in [0.05, 0.1) is 5.56 Å². The van der Waals surface area contributed by atoms with Gasteiger partial charge >= 0.3 is 0 Å². The van der Waals surface area contributed by atoms with Crippen LogP contribution in [0.15, 0.2) is 24.4 Å². The molecule has 0 aliphatic heterocycles. The molecule has 2 nitrogen and oxygen atoms in total. The van der Waals surface area contributed by atoms with Crippen LogP contribution in [0.5, 0.6) is 0 Å². The molecule has 0 spiro atoms. The molecule has 0 bridgehead atoms. The number of pyridine rings is 1. The summed E-state index contributed by atoms with van der Waals surface area (Å²) in [5.41, 5.74) is 0.367. The first kappa shape index (κ1) is 9.26. The van der Waals surface area contributed by atoms with Crippen LogP contribution in [0.3, 0.4) is 0 Å². The van der Waals surface area contributed by atoms with Crippen LogP contribution in [0.25, 0.3) is 10.8 Å². The summed E-state index contributed by atoms with van der Waals surface area (Å²) in [5.74, 6) is 0. The molecule has 0 saturated carbocycles. The molecule has 0 saturated heterocycles. The number of aromatic nitrogens is 1. The summed E-state index contributed by atoms with van der Waals surface area (Å²) in [6.07, 6.45) is 1.62. The third kappa shape index (κ3) is 1.41. The Morgan fingerprint density at radius 1 is 1.29 bits per heavy atom. The maximum Gasteiger partial charge on any atom is 0.147 e. The van der Waals surface area contributed by atoms with Crippen molar-refractivity contribution in [1.29, 1.82) is 5.26 Å². The molecular formula is C10H4Cl2N2. The zero-order chi connectivity index (χ0) is 10.1. The van der Waals surface area contributed by atoms with Gasteiger partial charge in [0.1, 0.15) is 11.2 Å². The Bertz CT molecular complexity index is 538. The number of halogens is 2. The lowest BCUT2D eigenvalue weighted by molar-refractivity contribution is 1.34. The molecule has 2 rings (SSSR count). The summed E-state index contributed by atoms with van der Waals surface area (Å²) < 4.78 is 0. The Balaban J connectivity index is 2.93. The molecule has 0 aliphatic rings. The fourth-order valence-electron chi connectivity index (χ4n) is 1.27. The molecule has 4 heteroatoms. The fourth-order valence-corrected chi connectivity index (χ4v) is 1.63. The zero-order valence-electron chi connectivity index (χ0n) is 6.96. The Hall–Kier alpha value is -1.30. The van der Waals surface area contributed by atoms with E-state index in [1.165, 1.54) is 0 Å². The quantitative estimate of drug-likeness (QED) is 0.641. The van der Waals surface area contributed by atoms with Crippen molar-refractivity contribution in [2.24, 2.45) is 0 Å². The van der Waals surface area contributed by atoms with Gasteiger partial charge in [0.2, 0.25) is 0 Å². The first-order valence-corrected chi connectivity index (χ1v) is 4.62. The molecule has 0 radical (unpaired) electrons. The summed E-state index contributed by atoms with van der Waals surface area (Å²) in [4.78, 5) is 3.91. The Labute approximate surface area is 90.7 Å². The van der Waals surface area contributed by atoms with Crippen molar-refractivity contribution >= 4 is 34.0 Å². The van der Waals surface area contributed by atoms with Crippen molar-refractivity contribution in [2.75, 3.05) is 0 Å². The van der Waals surface area contributed by atoms with Crippen LogP contribution < -0.4 is 0 Å². The van der Waals surface area contributed by atoms with Gasteiger partial charge in [-0.3, -0.25) is 0 Å². The Morgan fingerprint density at radius 3 is 2.79 bits per heavy atom. The van der Waals surface area contributed by atoms with Crippen LogP contribution in [-0.4, -0.2) is 4.98 Å². The highest BCUT2D eigenvalue weighted by Gasteiger charge is 2.06. The number of hydrogen-bond acceptors (Lipinski definition) is 2. The Morgan fingerprint density at radius 2 is 2.07 bits per heavy atom. The molecule has 0 fully saturated rings. The zero-order valence-corrected chi connectivity index (χ0v) is 8.47. The van der Waals surface area contributed by atoms with Crippen LogP contribution in [0.2, 0.25) is 10.2 Å². The normalized spacial score (nSPS) is 10.1. The number of nitrogens with zero attached hydrogens (tertiary/aromatic N) is 2. The lowest BCUT2D eigenvalue weighted by Gasteiger charge is -2.01. The van der Waals surface area contributed by atoms with Gasteiger partial charge in [-0.2, -0.15) is 5.26 Å². The van der Waals surface area contributed by atoms with Gasteiger partial charge < -0.3 is 0 Å². The second-order valence-corrected chi connectivity index (χ2v) is 3.56. The van der Waals surface area contributed by atoms with Crippen LogP contribution >= 0.6 is 23.2 Å². The minimum absolute atomic E-state index is 0.210. The predicted octanol–water partition coefficient (Wildman–Crippen LogP) is 3.41. The molecule has 0 N–H and O–H groups in total. The van der Waals surface area contributed by atoms with Crippen molar-refractivity contribution < 1.29 is 0 Å². The maximum atomic E-state index is 8.89. The van der Waals surface area contributed by atoms with Gasteiger partial charge in [0.25, 0.3) is 0 Å². The maximum absolute atomic E-state index is 8.89. The van der Waals surface area contributed by atoms with Gasteiger partial charge in [-0.25, -0.2) is 4.98 Å². The summed E-state index contributed by atoms with van der Waals surface area (Å²) in [5, 5.41) is 11.3. The van der Waals surface area contributed by atoms with Gasteiger partial charge in [0.15, 0.2) is 0 Å². The van der Waals surface area contributed by atoms with Crippen LogP contribution in [0, 0.1) is 11.3 Å². The lowest BCUT2D eigenvalue weighted by Crippen LogP contribution is -1.85. The minimum Gasteiger partial charge on any atom is -0.242 e. The molecule has 0 aliphatic carbocycles. The third-order valence-corrected chi connectivity index (χ3v) is 2.44. The van der Waals surface area contributed by atoms with Crippen molar-refractivity contribution in [3.8, 4) is 6.07 Å². The van der Waals surface area contributed by atoms with E-state index in [1.54, 1.807) is 18.3 Å². The molecule has 68 valence electrons. The van der Waals surface area contributed by atoms with Crippen molar-refractivity contribution in [3.05, 3.63) is 40.1 Å². The molecular weight excluding hydrogens is 219 g/mol. The van der Waals surface area contributed by atoms with Crippen molar-refractivity contribution in [1.82, 2.24) is 4.98 Å². The smallest absolute Gasteiger partial charge is 0.147 e. The molecule has 1 aromatic carbocycles. The molecule has 0 amide bonds. The van der Waals surface area contributed by atoms with E-state index < -0.39 is 0 Å². The number of benzene rings is 1. The van der Waals surface area contributed by atoms with Gasteiger partial charge in [-0.05, 0) is 12.1 Å².